The average Bonchev–Trinajstić information content (AvgIpc) is 3.07. The molecule has 0 atom stereocenters. The minimum absolute atomic E-state index is 0.000304. The van der Waals surface area contributed by atoms with E-state index in [1.807, 2.05) is 16.7 Å². The maximum atomic E-state index is 13.9. The number of morpholine rings is 1. The summed E-state index contributed by atoms with van der Waals surface area (Å²) in [6, 6.07) is 0. The molecule has 244 valence electrons. The molecule has 2 N–H and O–H groups in total. The second-order valence-electron chi connectivity index (χ2n) is 11.3. The molecule has 5 rings (SSSR count). The Balaban J connectivity index is 1.24. The Morgan fingerprint density at radius 3 is 2.11 bits per heavy atom. The number of carbonyl (C=O) groups excluding carboxylic acids is 3. The smallest absolute Gasteiger partial charge is 0.281 e. The molecule has 3 aliphatic heterocycles. The second-order valence-corrected chi connectivity index (χ2v) is 11.3. The highest BCUT2D eigenvalue weighted by Gasteiger charge is 2.31. The number of likely N-dealkylation sites (N-methyl/N-ethyl adjacent to an activating group) is 1. The number of hydrogen-bond donors (Lipinski definition) is 1. The molecule has 3 amide bonds. The van der Waals surface area contributed by atoms with Gasteiger partial charge in [-0.15, -0.1) is 0 Å². The number of anilines is 3. The van der Waals surface area contributed by atoms with Gasteiger partial charge in [-0.05, 0) is 12.8 Å². The number of nitrogens with two attached hydrogens (primary N) is 1. The number of carbonyl (C=O) groups is 3. The lowest BCUT2D eigenvalue weighted by Crippen LogP contribution is -2.52. The molecule has 0 radical (unpaired) electrons. The Labute approximate surface area is 259 Å². The van der Waals surface area contributed by atoms with Crippen molar-refractivity contribution in [3.8, 4) is 11.4 Å². The van der Waals surface area contributed by atoms with Crippen LogP contribution in [0.1, 0.15) is 38.3 Å². The fourth-order valence-electron chi connectivity index (χ4n) is 5.72. The molecule has 0 aliphatic carbocycles. The van der Waals surface area contributed by atoms with Gasteiger partial charge in [0.25, 0.3) is 6.43 Å². The summed E-state index contributed by atoms with van der Waals surface area (Å²) in [5.41, 5.74) is 4.96. The number of alkyl halides is 2. The van der Waals surface area contributed by atoms with Gasteiger partial charge < -0.3 is 35.0 Å². The molecule has 0 spiro atoms. The molecular formula is C28H39F2N11O4. The monoisotopic (exact) mass is 631 g/mol. The Morgan fingerprint density at radius 1 is 0.911 bits per heavy atom. The zero-order chi connectivity index (χ0) is 32.1. The van der Waals surface area contributed by atoms with E-state index in [0.29, 0.717) is 90.8 Å². The quantitative estimate of drug-likeness (QED) is 0.428. The molecule has 3 saturated heterocycles. The number of ether oxygens (including phenoxy) is 1. The van der Waals surface area contributed by atoms with Crippen LogP contribution in [0.15, 0.2) is 6.20 Å². The van der Waals surface area contributed by atoms with Gasteiger partial charge in [-0.3, -0.25) is 14.4 Å². The van der Waals surface area contributed by atoms with Crippen molar-refractivity contribution in [1.82, 2.24) is 39.6 Å². The van der Waals surface area contributed by atoms with Crippen LogP contribution < -0.4 is 15.5 Å². The van der Waals surface area contributed by atoms with Gasteiger partial charge in [-0.1, -0.05) is 6.92 Å². The summed E-state index contributed by atoms with van der Waals surface area (Å²) in [4.78, 5) is 68.1. The Kier molecular flexibility index (Phi) is 10.1. The van der Waals surface area contributed by atoms with Crippen LogP contribution in [0.2, 0.25) is 0 Å². The summed E-state index contributed by atoms with van der Waals surface area (Å²) in [7, 11) is 1.63. The molecule has 45 heavy (non-hydrogen) atoms. The third-order valence-electron chi connectivity index (χ3n) is 8.35. The largest absolute Gasteiger partial charge is 0.378 e. The van der Waals surface area contributed by atoms with E-state index in [1.54, 1.807) is 16.8 Å². The first-order valence-electron chi connectivity index (χ1n) is 15.2. The Bertz CT molecular complexity index is 1380. The van der Waals surface area contributed by atoms with Gasteiger partial charge in [0.15, 0.2) is 5.82 Å². The molecule has 0 unspecified atom stereocenters. The van der Waals surface area contributed by atoms with Crippen LogP contribution in [-0.2, 0) is 19.1 Å². The highest BCUT2D eigenvalue weighted by Crippen LogP contribution is 2.30. The SMILES string of the molecule is CCC(=O)N1CCC(C(=O)N(C)CC(=O)N2CCN(c3nc(-c4cnc(N)nc4C(F)F)nc(N4CCOCC4)n3)CC2)CC1. The topological polar surface area (TPSA) is 167 Å². The van der Waals surface area contributed by atoms with Gasteiger partial charge in [0.2, 0.25) is 35.6 Å². The van der Waals surface area contributed by atoms with Crippen LogP contribution in [0.5, 0.6) is 0 Å². The van der Waals surface area contributed by atoms with Gasteiger partial charge in [-0.25, -0.2) is 18.7 Å². The zero-order valence-electron chi connectivity index (χ0n) is 25.6. The number of piperazine rings is 1. The molecular weight excluding hydrogens is 592 g/mol. The van der Waals surface area contributed by atoms with Crippen molar-refractivity contribution in [2.75, 3.05) is 94.7 Å². The lowest BCUT2D eigenvalue weighted by atomic mass is 9.95. The molecule has 2 aromatic rings. The van der Waals surface area contributed by atoms with Crippen LogP contribution in [0, 0.1) is 5.92 Å². The highest BCUT2D eigenvalue weighted by molar-refractivity contribution is 5.86. The average molecular weight is 632 g/mol. The fraction of sp³-hybridized carbons (Fsp3) is 0.643. The van der Waals surface area contributed by atoms with Crippen LogP contribution in [-0.4, -0.2) is 137 Å². The number of amides is 3. The Morgan fingerprint density at radius 2 is 1.51 bits per heavy atom. The van der Waals surface area contributed by atoms with Crippen LogP contribution >= 0.6 is 0 Å². The molecule has 5 heterocycles. The summed E-state index contributed by atoms with van der Waals surface area (Å²) in [5, 5.41) is 0. The summed E-state index contributed by atoms with van der Waals surface area (Å²) < 4.78 is 33.2. The first kappa shape index (κ1) is 32.1. The third-order valence-corrected chi connectivity index (χ3v) is 8.35. The summed E-state index contributed by atoms with van der Waals surface area (Å²) in [5.74, 6) is -0.0599. The third kappa shape index (κ3) is 7.51. The molecule has 17 heteroatoms. The molecule has 15 nitrogen and oxygen atoms in total. The number of aromatic nitrogens is 5. The van der Waals surface area contributed by atoms with Crippen molar-refractivity contribution < 1.29 is 27.9 Å². The number of nitrogens with zero attached hydrogens (tertiary/aromatic N) is 10. The number of hydrogen-bond acceptors (Lipinski definition) is 12. The van der Waals surface area contributed by atoms with E-state index in [0.717, 1.165) is 0 Å². The Hall–Kier alpha value is -4.28. The molecule has 0 aromatic carbocycles. The number of nitrogen functional groups attached to an aromatic ring is 1. The van der Waals surface area contributed by atoms with Gasteiger partial charge >= 0.3 is 0 Å². The minimum Gasteiger partial charge on any atom is -0.378 e. The number of likely N-dealkylation sites (tertiary alicyclic amines) is 1. The summed E-state index contributed by atoms with van der Waals surface area (Å²) in [6.07, 6.45) is -0.113. The maximum Gasteiger partial charge on any atom is 0.281 e. The van der Waals surface area contributed by atoms with Crippen molar-refractivity contribution in [1.29, 1.82) is 0 Å². The van der Waals surface area contributed by atoms with E-state index >= 15 is 0 Å². The molecule has 0 bridgehead atoms. The second kappa shape index (κ2) is 14.2. The molecule has 0 saturated carbocycles. The van der Waals surface area contributed by atoms with Gasteiger partial charge in [-0.2, -0.15) is 15.0 Å². The first-order chi connectivity index (χ1) is 21.6. The maximum absolute atomic E-state index is 13.9. The van der Waals surface area contributed by atoms with Crippen molar-refractivity contribution in [3.05, 3.63) is 11.9 Å². The van der Waals surface area contributed by atoms with Crippen LogP contribution in [0.4, 0.5) is 26.6 Å². The van der Waals surface area contributed by atoms with E-state index in [-0.39, 0.29) is 53.5 Å². The van der Waals surface area contributed by atoms with Crippen LogP contribution in [0.25, 0.3) is 11.4 Å². The van der Waals surface area contributed by atoms with E-state index in [4.69, 9.17) is 10.5 Å². The van der Waals surface area contributed by atoms with Crippen molar-refractivity contribution >= 4 is 35.6 Å². The van der Waals surface area contributed by atoms with E-state index in [9.17, 15) is 23.2 Å². The van der Waals surface area contributed by atoms with Crippen molar-refractivity contribution in [2.24, 2.45) is 5.92 Å². The van der Waals surface area contributed by atoms with E-state index in [2.05, 4.69) is 24.9 Å². The van der Waals surface area contributed by atoms with Gasteiger partial charge in [0.05, 0.1) is 25.3 Å². The normalized spacial score (nSPS) is 18.0. The minimum atomic E-state index is -2.92. The number of halogens is 2. The van der Waals surface area contributed by atoms with Crippen molar-refractivity contribution in [2.45, 2.75) is 32.6 Å². The standard InChI is InChI=1S/C28H39F2N11O4/c1-3-20(42)38-6-4-18(5-7-38)25(44)37(2)17-21(43)39-8-10-40(11-9-39)27-34-24(19-16-32-26(31)33-22(19)23(29)30)35-28(36-27)41-12-14-45-15-13-41/h16,18,23H,3-15,17H2,1-2H3,(H2,31,32,33). The fourth-order valence-corrected chi connectivity index (χ4v) is 5.72. The summed E-state index contributed by atoms with van der Waals surface area (Å²) >= 11 is 0. The predicted molar refractivity (Wildman–Crippen MR) is 159 cm³/mol. The molecule has 2 aromatic heterocycles. The molecule has 3 aliphatic rings. The number of piperidine rings is 1. The number of rotatable bonds is 8. The first-order valence-corrected chi connectivity index (χ1v) is 15.2. The van der Waals surface area contributed by atoms with E-state index in [1.165, 1.54) is 11.1 Å². The van der Waals surface area contributed by atoms with Gasteiger partial charge in [0, 0.05) is 77.9 Å². The molecule has 3 fully saturated rings. The summed E-state index contributed by atoms with van der Waals surface area (Å²) in [6.45, 7) is 6.36. The van der Waals surface area contributed by atoms with Gasteiger partial charge in [0.1, 0.15) is 5.69 Å². The predicted octanol–water partition coefficient (Wildman–Crippen LogP) is 0.441. The lowest BCUT2D eigenvalue weighted by molar-refractivity contribution is -0.144. The highest BCUT2D eigenvalue weighted by atomic mass is 19.3. The zero-order valence-corrected chi connectivity index (χ0v) is 25.6. The van der Waals surface area contributed by atoms with Crippen molar-refractivity contribution in [3.63, 3.8) is 0 Å². The van der Waals surface area contributed by atoms with Crippen LogP contribution in [0.3, 0.4) is 0 Å². The lowest BCUT2D eigenvalue weighted by Gasteiger charge is -2.37. The van der Waals surface area contributed by atoms with E-state index < -0.39 is 12.1 Å².